The average Bonchev–Trinajstić information content (AvgIpc) is 2.76. The predicted molar refractivity (Wildman–Crippen MR) is 117 cm³/mol. The minimum Gasteiger partial charge on any atom is -0.294 e. The van der Waals surface area contributed by atoms with Gasteiger partial charge in [-0.25, -0.2) is 18.4 Å². The molecular weight excluding hydrogens is 412 g/mol. The fraction of sp³-hybridized carbons (Fsp3) is 0.130. The Labute approximate surface area is 179 Å². The molecule has 0 saturated heterocycles. The number of rotatable bonds is 4. The molecule has 0 aliphatic carbocycles. The van der Waals surface area contributed by atoms with Crippen LogP contribution < -0.4 is 5.56 Å². The third-order valence-corrected chi connectivity index (χ3v) is 5.80. The Bertz CT molecular complexity index is 1470. The summed E-state index contributed by atoms with van der Waals surface area (Å²) in [4.78, 5) is 25.8. The van der Waals surface area contributed by atoms with E-state index in [0.717, 1.165) is 17.4 Å². The van der Waals surface area contributed by atoms with E-state index in [2.05, 4.69) is 26.8 Å². The Kier molecular flexibility index (Phi) is 5.60. The molecular formula is C23H18N4O3S. The first kappa shape index (κ1) is 20.4. The lowest BCUT2D eigenvalue weighted by molar-refractivity contribution is 0.602. The van der Waals surface area contributed by atoms with Gasteiger partial charge in [-0.2, -0.15) is 0 Å². The summed E-state index contributed by atoms with van der Waals surface area (Å²) in [6.07, 6.45) is 8.15. The van der Waals surface area contributed by atoms with E-state index in [1.165, 1.54) is 23.0 Å². The lowest BCUT2D eigenvalue weighted by atomic mass is 10.2. The highest BCUT2D eigenvalue weighted by Gasteiger charge is 2.09. The van der Waals surface area contributed by atoms with Crippen LogP contribution in [0.5, 0.6) is 0 Å². The predicted octanol–water partition coefficient (Wildman–Crippen LogP) is 2.23. The number of fused-ring (bicyclic) bond motifs is 1. The monoisotopic (exact) mass is 430 g/mol. The van der Waals surface area contributed by atoms with Gasteiger partial charge in [0.25, 0.3) is 5.56 Å². The van der Waals surface area contributed by atoms with Crippen molar-refractivity contribution in [2.45, 2.75) is 17.9 Å². The minimum atomic E-state index is -3.26. The van der Waals surface area contributed by atoms with Crippen LogP contribution >= 0.6 is 0 Å². The van der Waals surface area contributed by atoms with Crippen molar-refractivity contribution in [1.82, 2.24) is 19.5 Å². The zero-order valence-electron chi connectivity index (χ0n) is 16.7. The van der Waals surface area contributed by atoms with Gasteiger partial charge >= 0.3 is 0 Å². The van der Waals surface area contributed by atoms with E-state index in [-0.39, 0.29) is 17.0 Å². The molecule has 0 fully saturated rings. The number of aromatic nitrogens is 4. The molecule has 0 saturated carbocycles. The van der Waals surface area contributed by atoms with Crippen molar-refractivity contribution >= 4 is 20.7 Å². The molecule has 0 unspecified atom stereocenters. The van der Waals surface area contributed by atoms with Gasteiger partial charge in [-0.3, -0.25) is 14.3 Å². The lowest BCUT2D eigenvalue weighted by Gasteiger charge is -2.07. The van der Waals surface area contributed by atoms with Crippen molar-refractivity contribution in [3.05, 3.63) is 94.6 Å². The zero-order valence-corrected chi connectivity index (χ0v) is 17.5. The largest absolute Gasteiger partial charge is 0.294 e. The summed E-state index contributed by atoms with van der Waals surface area (Å²) in [6, 6.07) is 11.9. The highest BCUT2D eigenvalue weighted by atomic mass is 32.2. The number of benzene rings is 1. The van der Waals surface area contributed by atoms with Crippen LogP contribution in [-0.2, 0) is 22.8 Å². The summed E-state index contributed by atoms with van der Waals surface area (Å²) >= 11 is 0. The maximum Gasteiger partial charge on any atom is 0.261 e. The summed E-state index contributed by atoms with van der Waals surface area (Å²) in [5.41, 5.74) is 2.62. The van der Waals surface area contributed by atoms with Crippen LogP contribution in [0.1, 0.15) is 16.8 Å². The summed E-state index contributed by atoms with van der Waals surface area (Å²) < 4.78 is 24.7. The molecule has 1 aromatic carbocycles. The maximum atomic E-state index is 13.0. The van der Waals surface area contributed by atoms with Crippen LogP contribution in [0.25, 0.3) is 10.9 Å². The minimum absolute atomic E-state index is 0.211. The van der Waals surface area contributed by atoms with Gasteiger partial charge in [-0.1, -0.05) is 18.1 Å². The van der Waals surface area contributed by atoms with E-state index in [0.29, 0.717) is 23.0 Å². The van der Waals surface area contributed by atoms with E-state index in [9.17, 15) is 13.2 Å². The normalized spacial score (nSPS) is 11.1. The van der Waals surface area contributed by atoms with Gasteiger partial charge in [0.05, 0.1) is 34.9 Å². The Hall–Kier alpha value is -3.83. The van der Waals surface area contributed by atoms with Crippen LogP contribution in [0.4, 0.5) is 0 Å². The van der Waals surface area contributed by atoms with E-state index in [4.69, 9.17) is 0 Å². The zero-order chi connectivity index (χ0) is 21.8. The molecule has 31 heavy (non-hydrogen) atoms. The molecule has 3 heterocycles. The smallest absolute Gasteiger partial charge is 0.261 e. The van der Waals surface area contributed by atoms with E-state index in [1.807, 2.05) is 12.1 Å². The SMILES string of the molecule is CS(=O)(=O)c1ccc(Cn2cnc3cnc(C#CCc4ccncc4)cc3c2=O)cc1. The Balaban J connectivity index is 1.60. The highest BCUT2D eigenvalue weighted by molar-refractivity contribution is 7.90. The van der Waals surface area contributed by atoms with Crippen LogP contribution in [0.2, 0.25) is 0 Å². The molecule has 0 aliphatic heterocycles. The van der Waals surface area contributed by atoms with Gasteiger partial charge in [-0.15, -0.1) is 0 Å². The van der Waals surface area contributed by atoms with Gasteiger partial charge in [0, 0.05) is 25.1 Å². The fourth-order valence-corrected chi connectivity index (χ4v) is 3.65. The Morgan fingerprint density at radius 2 is 1.74 bits per heavy atom. The second-order valence-corrected chi connectivity index (χ2v) is 9.03. The van der Waals surface area contributed by atoms with Gasteiger partial charge in [0.1, 0.15) is 5.69 Å². The first-order valence-electron chi connectivity index (χ1n) is 9.42. The third kappa shape index (κ3) is 4.85. The molecule has 7 nitrogen and oxygen atoms in total. The van der Waals surface area contributed by atoms with Crippen molar-refractivity contribution in [1.29, 1.82) is 0 Å². The van der Waals surface area contributed by atoms with Crippen molar-refractivity contribution in [2.75, 3.05) is 6.26 Å². The molecule has 154 valence electrons. The molecule has 4 rings (SSSR count). The van der Waals surface area contributed by atoms with Gasteiger partial charge < -0.3 is 0 Å². The van der Waals surface area contributed by atoms with Gasteiger partial charge in [-0.05, 0) is 47.4 Å². The summed E-state index contributed by atoms with van der Waals surface area (Å²) in [5.74, 6) is 6.04. The lowest BCUT2D eigenvalue weighted by Crippen LogP contribution is -2.21. The summed E-state index contributed by atoms with van der Waals surface area (Å²) in [5, 5.41) is 0.429. The molecule has 0 N–H and O–H groups in total. The average molecular weight is 430 g/mol. The fourth-order valence-electron chi connectivity index (χ4n) is 3.02. The molecule has 8 heteroatoms. The number of pyridine rings is 2. The van der Waals surface area contributed by atoms with E-state index < -0.39 is 9.84 Å². The van der Waals surface area contributed by atoms with Crippen molar-refractivity contribution in [3.63, 3.8) is 0 Å². The Morgan fingerprint density at radius 1 is 1.00 bits per heavy atom. The Morgan fingerprint density at radius 3 is 2.45 bits per heavy atom. The van der Waals surface area contributed by atoms with Crippen molar-refractivity contribution < 1.29 is 8.42 Å². The van der Waals surface area contributed by atoms with Gasteiger partial charge in [0.15, 0.2) is 9.84 Å². The summed E-state index contributed by atoms with van der Waals surface area (Å²) in [6.45, 7) is 0.275. The van der Waals surface area contributed by atoms with Crippen LogP contribution in [-0.4, -0.2) is 34.2 Å². The maximum absolute atomic E-state index is 13.0. The second-order valence-electron chi connectivity index (χ2n) is 7.01. The summed E-state index contributed by atoms with van der Waals surface area (Å²) in [7, 11) is -3.26. The first-order valence-corrected chi connectivity index (χ1v) is 11.3. The standard InChI is InChI=1S/C23H18N4O3S/c1-31(29,30)20-7-5-18(6-8-20)15-27-16-26-22-14-25-19(13-21(22)23(27)28)4-2-3-17-9-11-24-12-10-17/h5-14,16H,3,15H2,1H3. The quantitative estimate of drug-likeness (QED) is 0.461. The molecule has 0 atom stereocenters. The van der Waals surface area contributed by atoms with E-state index >= 15 is 0 Å². The topological polar surface area (TPSA) is 94.8 Å². The second kappa shape index (κ2) is 8.50. The molecule has 0 amide bonds. The number of sulfone groups is 1. The van der Waals surface area contributed by atoms with Crippen LogP contribution in [0.15, 0.2) is 77.1 Å². The molecule has 0 bridgehead atoms. The molecule has 3 aromatic heterocycles. The van der Waals surface area contributed by atoms with Crippen LogP contribution in [0.3, 0.4) is 0 Å². The van der Waals surface area contributed by atoms with Crippen LogP contribution in [0, 0.1) is 11.8 Å². The van der Waals surface area contributed by atoms with Crippen molar-refractivity contribution in [2.24, 2.45) is 0 Å². The van der Waals surface area contributed by atoms with Gasteiger partial charge in [0.2, 0.25) is 0 Å². The number of hydrogen-bond donors (Lipinski definition) is 0. The third-order valence-electron chi connectivity index (χ3n) is 4.67. The molecule has 0 radical (unpaired) electrons. The number of hydrogen-bond acceptors (Lipinski definition) is 6. The highest BCUT2D eigenvalue weighted by Crippen LogP contribution is 2.12. The first-order chi connectivity index (χ1) is 14.9. The van der Waals surface area contributed by atoms with E-state index in [1.54, 1.807) is 36.8 Å². The molecule has 0 spiro atoms. The van der Waals surface area contributed by atoms with Crippen molar-refractivity contribution in [3.8, 4) is 11.8 Å². The number of nitrogens with zero attached hydrogens (tertiary/aromatic N) is 4. The molecule has 0 aliphatic rings. The molecule has 4 aromatic rings.